The van der Waals surface area contributed by atoms with Crippen LogP contribution in [0.25, 0.3) is 0 Å². The van der Waals surface area contributed by atoms with Gasteiger partial charge in [0.2, 0.25) is 10.0 Å². The van der Waals surface area contributed by atoms with E-state index in [0.717, 1.165) is 12.0 Å². The standard InChI is InChI=1S/C18H24N2O5S/c1-13-3-5-15(6-4-13)26(23,24)20-9-7-19(8-10-20)17(21)12-25-18(22)16-11-14(16)2/h3-6,14,16H,7-12H2,1-2H3/t14-,16-/m0/s1. The fourth-order valence-corrected chi connectivity index (χ4v) is 4.44. The van der Waals surface area contributed by atoms with Gasteiger partial charge in [-0.1, -0.05) is 24.6 Å². The zero-order valence-corrected chi connectivity index (χ0v) is 15.9. The summed E-state index contributed by atoms with van der Waals surface area (Å²) in [5, 5.41) is 0. The van der Waals surface area contributed by atoms with Gasteiger partial charge in [-0.15, -0.1) is 0 Å². The molecule has 1 amide bonds. The molecule has 2 fully saturated rings. The molecule has 26 heavy (non-hydrogen) atoms. The molecule has 2 aliphatic rings. The van der Waals surface area contributed by atoms with E-state index < -0.39 is 10.0 Å². The number of benzene rings is 1. The third kappa shape index (κ3) is 4.07. The Morgan fingerprint density at radius 1 is 1.12 bits per heavy atom. The zero-order valence-electron chi connectivity index (χ0n) is 15.1. The fraction of sp³-hybridized carbons (Fsp3) is 0.556. The maximum atomic E-state index is 12.7. The highest BCUT2D eigenvalue weighted by molar-refractivity contribution is 7.89. The lowest BCUT2D eigenvalue weighted by Gasteiger charge is -2.33. The molecule has 7 nitrogen and oxygen atoms in total. The molecule has 2 atom stereocenters. The van der Waals surface area contributed by atoms with Crippen molar-refractivity contribution >= 4 is 21.9 Å². The number of esters is 1. The molecular weight excluding hydrogens is 356 g/mol. The Kier molecular flexibility index (Phi) is 5.34. The summed E-state index contributed by atoms with van der Waals surface area (Å²) in [6.45, 7) is 4.65. The second-order valence-corrected chi connectivity index (χ2v) is 8.96. The molecule has 0 bridgehead atoms. The topological polar surface area (TPSA) is 84.0 Å². The highest BCUT2D eigenvalue weighted by Crippen LogP contribution is 2.38. The molecule has 0 N–H and O–H groups in total. The van der Waals surface area contributed by atoms with Crippen LogP contribution in [0.1, 0.15) is 18.9 Å². The monoisotopic (exact) mass is 380 g/mol. The largest absolute Gasteiger partial charge is 0.455 e. The van der Waals surface area contributed by atoms with Crippen LogP contribution in [0, 0.1) is 18.8 Å². The maximum Gasteiger partial charge on any atom is 0.309 e. The molecule has 1 aliphatic heterocycles. The van der Waals surface area contributed by atoms with Crippen LogP contribution in [-0.2, 0) is 24.3 Å². The lowest BCUT2D eigenvalue weighted by atomic mass is 10.2. The van der Waals surface area contributed by atoms with E-state index in [1.807, 2.05) is 13.8 Å². The van der Waals surface area contributed by atoms with E-state index in [9.17, 15) is 18.0 Å². The SMILES string of the molecule is Cc1ccc(S(=O)(=O)N2CCN(C(=O)COC(=O)[C@H]3C[C@@H]3C)CC2)cc1. The van der Waals surface area contributed by atoms with Crippen molar-refractivity contribution in [2.75, 3.05) is 32.8 Å². The molecule has 1 saturated heterocycles. The van der Waals surface area contributed by atoms with E-state index in [-0.39, 0.29) is 42.4 Å². The molecule has 1 aromatic rings. The lowest BCUT2D eigenvalue weighted by Crippen LogP contribution is -2.51. The Labute approximate surface area is 154 Å². The van der Waals surface area contributed by atoms with Crippen molar-refractivity contribution in [2.24, 2.45) is 11.8 Å². The van der Waals surface area contributed by atoms with Crippen LogP contribution in [0.2, 0.25) is 0 Å². The van der Waals surface area contributed by atoms with Gasteiger partial charge in [0.1, 0.15) is 0 Å². The molecule has 0 spiro atoms. The Bertz CT molecular complexity index is 782. The van der Waals surface area contributed by atoms with Gasteiger partial charge in [0.25, 0.3) is 5.91 Å². The highest BCUT2D eigenvalue weighted by atomic mass is 32.2. The van der Waals surface area contributed by atoms with E-state index in [1.54, 1.807) is 29.2 Å². The van der Waals surface area contributed by atoms with Gasteiger partial charge in [0, 0.05) is 26.2 Å². The summed E-state index contributed by atoms with van der Waals surface area (Å²) in [6.07, 6.45) is 0.822. The first-order valence-electron chi connectivity index (χ1n) is 8.80. The van der Waals surface area contributed by atoms with Crippen molar-refractivity contribution in [2.45, 2.75) is 25.2 Å². The fourth-order valence-electron chi connectivity index (χ4n) is 3.02. The van der Waals surface area contributed by atoms with Crippen LogP contribution in [0.15, 0.2) is 29.2 Å². The van der Waals surface area contributed by atoms with Crippen LogP contribution in [-0.4, -0.2) is 62.3 Å². The van der Waals surface area contributed by atoms with Crippen LogP contribution in [0.3, 0.4) is 0 Å². The molecule has 142 valence electrons. The first kappa shape index (κ1) is 18.8. The summed E-state index contributed by atoms with van der Waals surface area (Å²) in [6, 6.07) is 6.73. The van der Waals surface area contributed by atoms with Crippen molar-refractivity contribution < 1.29 is 22.7 Å². The zero-order chi connectivity index (χ0) is 18.9. The molecule has 1 aromatic carbocycles. The summed E-state index contributed by atoms with van der Waals surface area (Å²) in [5.74, 6) is -0.321. The molecule has 1 heterocycles. The number of hydrogen-bond donors (Lipinski definition) is 0. The highest BCUT2D eigenvalue weighted by Gasteiger charge is 2.41. The second-order valence-electron chi connectivity index (χ2n) is 7.03. The molecule has 8 heteroatoms. The molecule has 0 aromatic heterocycles. The van der Waals surface area contributed by atoms with Crippen LogP contribution < -0.4 is 0 Å². The summed E-state index contributed by atoms with van der Waals surface area (Å²) in [7, 11) is -3.55. The Balaban J connectivity index is 1.51. The summed E-state index contributed by atoms with van der Waals surface area (Å²) in [5.41, 5.74) is 0.995. The minimum atomic E-state index is -3.55. The smallest absolute Gasteiger partial charge is 0.309 e. The van der Waals surface area contributed by atoms with Gasteiger partial charge in [-0.2, -0.15) is 4.31 Å². The van der Waals surface area contributed by atoms with Gasteiger partial charge in [0.05, 0.1) is 10.8 Å². The molecule has 1 aliphatic carbocycles. The van der Waals surface area contributed by atoms with Crippen LogP contribution in [0.4, 0.5) is 0 Å². The maximum absolute atomic E-state index is 12.7. The number of sulfonamides is 1. The quantitative estimate of drug-likeness (QED) is 0.713. The van der Waals surface area contributed by atoms with E-state index >= 15 is 0 Å². The number of aryl methyl sites for hydroxylation is 1. The number of carbonyl (C=O) groups excluding carboxylic acids is 2. The Morgan fingerprint density at radius 3 is 2.23 bits per heavy atom. The van der Waals surface area contributed by atoms with Crippen molar-refractivity contribution in [3.63, 3.8) is 0 Å². The number of carbonyl (C=O) groups is 2. The van der Waals surface area contributed by atoms with Crippen molar-refractivity contribution in [1.29, 1.82) is 0 Å². The number of piperazine rings is 1. The summed E-state index contributed by atoms with van der Waals surface area (Å²) >= 11 is 0. The predicted octanol–water partition coefficient (Wildman–Crippen LogP) is 1.03. The summed E-state index contributed by atoms with van der Waals surface area (Å²) in [4.78, 5) is 25.7. The second kappa shape index (κ2) is 7.36. The average molecular weight is 380 g/mol. The first-order valence-corrected chi connectivity index (χ1v) is 10.2. The molecule has 3 rings (SSSR count). The van der Waals surface area contributed by atoms with Gasteiger partial charge in [-0.3, -0.25) is 9.59 Å². The van der Waals surface area contributed by atoms with Gasteiger partial charge in [-0.05, 0) is 31.4 Å². The molecule has 1 saturated carbocycles. The van der Waals surface area contributed by atoms with Gasteiger partial charge in [0.15, 0.2) is 6.61 Å². The van der Waals surface area contributed by atoms with Gasteiger partial charge in [-0.25, -0.2) is 8.42 Å². The van der Waals surface area contributed by atoms with E-state index in [4.69, 9.17) is 4.74 Å². The van der Waals surface area contributed by atoms with Gasteiger partial charge >= 0.3 is 5.97 Å². The van der Waals surface area contributed by atoms with E-state index in [0.29, 0.717) is 19.0 Å². The minimum absolute atomic E-state index is 0.0701. The van der Waals surface area contributed by atoms with E-state index in [1.165, 1.54) is 4.31 Å². The number of hydrogen-bond acceptors (Lipinski definition) is 5. The molecular formula is C18H24N2O5S. The van der Waals surface area contributed by atoms with Crippen LogP contribution in [0.5, 0.6) is 0 Å². The third-order valence-corrected chi connectivity index (χ3v) is 6.91. The van der Waals surface area contributed by atoms with Crippen molar-refractivity contribution in [3.05, 3.63) is 29.8 Å². The number of amides is 1. The molecule has 0 unspecified atom stereocenters. The third-order valence-electron chi connectivity index (χ3n) is 5.00. The first-order chi connectivity index (χ1) is 12.3. The van der Waals surface area contributed by atoms with E-state index in [2.05, 4.69) is 0 Å². The normalized spacial score (nSPS) is 23.5. The number of rotatable bonds is 5. The molecule has 0 radical (unpaired) electrons. The average Bonchev–Trinajstić information content (AvgIpc) is 3.36. The Morgan fingerprint density at radius 2 is 1.69 bits per heavy atom. The van der Waals surface area contributed by atoms with Crippen molar-refractivity contribution in [3.8, 4) is 0 Å². The van der Waals surface area contributed by atoms with Crippen LogP contribution >= 0.6 is 0 Å². The number of nitrogens with zero attached hydrogens (tertiary/aromatic N) is 2. The lowest BCUT2D eigenvalue weighted by molar-refractivity contribution is -0.153. The summed E-state index contributed by atoms with van der Waals surface area (Å²) < 4.78 is 31.8. The van der Waals surface area contributed by atoms with Crippen molar-refractivity contribution in [1.82, 2.24) is 9.21 Å². The number of ether oxygens (including phenoxy) is 1. The van der Waals surface area contributed by atoms with Gasteiger partial charge < -0.3 is 9.64 Å². The minimum Gasteiger partial charge on any atom is -0.455 e. The predicted molar refractivity (Wildman–Crippen MR) is 94.7 cm³/mol. The Hall–Kier alpha value is -1.93.